The van der Waals surface area contributed by atoms with Crippen LogP contribution in [0.5, 0.6) is 11.5 Å². The molecule has 0 radical (unpaired) electrons. The molecule has 0 aliphatic heterocycles. The van der Waals surface area contributed by atoms with E-state index < -0.39 is 11.9 Å². The van der Waals surface area contributed by atoms with Gasteiger partial charge in [0.1, 0.15) is 11.6 Å². The van der Waals surface area contributed by atoms with Gasteiger partial charge in [0.15, 0.2) is 11.5 Å². The molecule has 0 aromatic heterocycles. The SMILES string of the molecule is COC(=O)c1cccc(N/C=C(/C#N)C(=O)NCCc2ccc(OC)c(OC)c2)c1. The zero-order valence-electron chi connectivity index (χ0n) is 17.0. The van der Waals surface area contributed by atoms with Crippen LogP contribution in [0.1, 0.15) is 15.9 Å². The molecule has 0 aliphatic carbocycles. The van der Waals surface area contributed by atoms with Gasteiger partial charge in [-0.2, -0.15) is 5.26 Å². The molecule has 0 saturated heterocycles. The van der Waals surface area contributed by atoms with Gasteiger partial charge in [0.05, 0.1) is 26.9 Å². The lowest BCUT2D eigenvalue weighted by Gasteiger charge is -2.10. The Labute approximate surface area is 175 Å². The third-order valence-electron chi connectivity index (χ3n) is 4.18. The van der Waals surface area contributed by atoms with Crippen LogP contribution in [0, 0.1) is 11.3 Å². The number of anilines is 1. The second-order valence-corrected chi connectivity index (χ2v) is 6.08. The van der Waals surface area contributed by atoms with Gasteiger partial charge in [-0.1, -0.05) is 12.1 Å². The van der Waals surface area contributed by atoms with Crippen LogP contribution in [-0.4, -0.2) is 39.8 Å². The van der Waals surface area contributed by atoms with Crippen LogP contribution >= 0.6 is 0 Å². The van der Waals surface area contributed by atoms with Gasteiger partial charge >= 0.3 is 5.97 Å². The van der Waals surface area contributed by atoms with E-state index in [0.717, 1.165) is 5.56 Å². The lowest BCUT2D eigenvalue weighted by Crippen LogP contribution is -2.27. The first-order chi connectivity index (χ1) is 14.5. The fourth-order valence-corrected chi connectivity index (χ4v) is 2.61. The molecular formula is C22H23N3O5. The third-order valence-corrected chi connectivity index (χ3v) is 4.18. The Morgan fingerprint density at radius 1 is 1.07 bits per heavy atom. The molecular weight excluding hydrogens is 386 g/mol. The van der Waals surface area contributed by atoms with Crippen molar-refractivity contribution < 1.29 is 23.8 Å². The standard InChI is InChI=1S/C22H23N3O5/c1-28-19-8-7-15(11-20(19)29-2)9-10-24-21(26)17(13-23)14-25-18-6-4-5-16(12-18)22(27)30-3/h4-8,11-12,14,25H,9-10H2,1-3H3,(H,24,26)/b17-14-. The molecule has 0 saturated carbocycles. The highest BCUT2D eigenvalue weighted by atomic mass is 16.5. The Morgan fingerprint density at radius 3 is 2.50 bits per heavy atom. The van der Waals surface area contributed by atoms with E-state index in [4.69, 9.17) is 9.47 Å². The van der Waals surface area contributed by atoms with E-state index >= 15 is 0 Å². The van der Waals surface area contributed by atoms with E-state index in [1.807, 2.05) is 18.2 Å². The van der Waals surface area contributed by atoms with Gasteiger partial charge in [0, 0.05) is 18.4 Å². The van der Waals surface area contributed by atoms with Crippen LogP contribution in [0.3, 0.4) is 0 Å². The number of rotatable bonds is 9. The highest BCUT2D eigenvalue weighted by Crippen LogP contribution is 2.27. The number of ether oxygens (including phenoxy) is 3. The number of carbonyl (C=O) groups excluding carboxylic acids is 2. The van der Waals surface area contributed by atoms with Crippen LogP contribution in [0.15, 0.2) is 54.2 Å². The summed E-state index contributed by atoms with van der Waals surface area (Å²) >= 11 is 0. The molecule has 0 bridgehead atoms. The molecule has 2 aromatic carbocycles. The number of esters is 1. The molecule has 8 nitrogen and oxygen atoms in total. The Kier molecular flexibility index (Phi) is 8.27. The van der Waals surface area contributed by atoms with Crippen LogP contribution in [-0.2, 0) is 16.0 Å². The van der Waals surface area contributed by atoms with E-state index in [2.05, 4.69) is 15.4 Å². The number of benzene rings is 2. The second kappa shape index (κ2) is 11.1. The summed E-state index contributed by atoms with van der Waals surface area (Å²) in [4.78, 5) is 23.9. The second-order valence-electron chi connectivity index (χ2n) is 6.08. The Morgan fingerprint density at radius 2 is 1.83 bits per heavy atom. The lowest BCUT2D eigenvalue weighted by molar-refractivity contribution is -0.117. The predicted octanol–water partition coefficient (Wildman–Crippen LogP) is 2.67. The summed E-state index contributed by atoms with van der Waals surface area (Å²) < 4.78 is 15.1. The molecule has 0 spiro atoms. The van der Waals surface area contributed by atoms with Crippen molar-refractivity contribution in [1.82, 2.24) is 5.32 Å². The number of nitrogens with one attached hydrogen (secondary N) is 2. The topological polar surface area (TPSA) is 110 Å². The summed E-state index contributed by atoms with van der Waals surface area (Å²) in [6.45, 7) is 0.338. The number of methoxy groups -OCH3 is 3. The summed E-state index contributed by atoms with van der Waals surface area (Å²) in [5.41, 5.74) is 1.76. The van der Waals surface area contributed by atoms with Crippen molar-refractivity contribution in [1.29, 1.82) is 5.26 Å². The molecule has 2 rings (SSSR count). The predicted molar refractivity (Wildman–Crippen MR) is 111 cm³/mol. The van der Waals surface area contributed by atoms with E-state index in [1.165, 1.54) is 13.3 Å². The minimum atomic E-state index is -0.505. The molecule has 0 unspecified atom stereocenters. The summed E-state index contributed by atoms with van der Waals surface area (Å²) in [5.74, 6) is 0.255. The number of carbonyl (C=O) groups is 2. The van der Waals surface area contributed by atoms with Crippen molar-refractivity contribution in [3.05, 3.63) is 65.4 Å². The van der Waals surface area contributed by atoms with Gasteiger partial charge in [0.2, 0.25) is 0 Å². The Hall–Kier alpha value is -3.99. The molecule has 0 heterocycles. The quantitative estimate of drug-likeness (QED) is 0.372. The first-order valence-electron chi connectivity index (χ1n) is 9.06. The zero-order chi connectivity index (χ0) is 21.9. The van der Waals surface area contributed by atoms with Crippen LogP contribution in [0.25, 0.3) is 0 Å². The highest BCUT2D eigenvalue weighted by molar-refractivity contribution is 5.97. The molecule has 2 N–H and O–H groups in total. The largest absolute Gasteiger partial charge is 0.493 e. The number of hydrogen-bond donors (Lipinski definition) is 2. The summed E-state index contributed by atoms with van der Waals surface area (Å²) in [5, 5.41) is 14.8. The highest BCUT2D eigenvalue weighted by Gasteiger charge is 2.10. The van der Waals surface area contributed by atoms with Crippen LogP contribution < -0.4 is 20.1 Å². The Bertz CT molecular complexity index is 979. The summed E-state index contributed by atoms with van der Waals surface area (Å²) in [6, 6.07) is 13.9. The van der Waals surface area contributed by atoms with Crippen molar-refractivity contribution in [2.24, 2.45) is 0 Å². The fourth-order valence-electron chi connectivity index (χ4n) is 2.61. The Balaban J connectivity index is 1.95. The maximum atomic E-state index is 12.3. The number of hydrogen-bond acceptors (Lipinski definition) is 7. The number of nitriles is 1. The molecule has 0 fully saturated rings. The summed E-state index contributed by atoms with van der Waals surface area (Å²) in [6.07, 6.45) is 1.85. The maximum absolute atomic E-state index is 12.3. The zero-order valence-corrected chi connectivity index (χ0v) is 17.0. The van der Waals surface area contributed by atoms with Crippen molar-refractivity contribution in [2.45, 2.75) is 6.42 Å². The average Bonchev–Trinajstić information content (AvgIpc) is 2.78. The molecule has 30 heavy (non-hydrogen) atoms. The minimum absolute atomic E-state index is 0.0919. The van der Waals surface area contributed by atoms with E-state index in [1.54, 1.807) is 44.6 Å². The van der Waals surface area contributed by atoms with Gasteiger partial charge in [-0.05, 0) is 42.3 Å². The van der Waals surface area contributed by atoms with Crippen LogP contribution in [0.4, 0.5) is 5.69 Å². The normalized spacial score (nSPS) is 10.5. The maximum Gasteiger partial charge on any atom is 0.337 e. The first kappa shape index (κ1) is 22.3. The molecule has 0 aliphatic rings. The molecule has 0 atom stereocenters. The van der Waals surface area contributed by atoms with Gasteiger partial charge in [0.25, 0.3) is 5.91 Å². The van der Waals surface area contributed by atoms with Gasteiger partial charge in [-0.15, -0.1) is 0 Å². The molecule has 156 valence electrons. The third kappa shape index (κ3) is 6.01. The fraction of sp³-hybridized carbons (Fsp3) is 0.227. The van der Waals surface area contributed by atoms with Crippen molar-refractivity contribution in [2.75, 3.05) is 33.2 Å². The van der Waals surface area contributed by atoms with E-state index in [0.29, 0.717) is 35.7 Å². The average molecular weight is 409 g/mol. The smallest absolute Gasteiger partial charge is 0.337 e. The van der Waals surface area contributed by atoms with Crippen molar-refractivity contribution >= 4 is 17.6 Å². The molecule has 8 heteroatoms. The van der Waals surface area contributed by atoms with Gasteiger partial charge in [-0.25, -0.2) is 4.79 Å². The van der Waals surface area contributed by atoms with Crippen molar-refractivity contribution in [3.8, 4) is 17.6 Å². The molecule has 2 aromatic rings. The minimum Gasteiger partial charge on any atom is -0.493 e. The van der Waals surface area contributed by atoms with E-state index in [9.17, 15) is 14.9 Å². The van der Waals surface area contributed by atoms with Gasteiger partial charge < -0.3 is 24.8 Å². The number of nitrogens with zero attached hydrogens (tertiary/aromatic N) is 1. The summed E-state index contributed by atoms with van der Waals surface area (Å²) in [7, 11) is 4.41. The molecule has 1 amide bonds. The van der Waals surface area contributed by atoms with Gasteiger partial charge in [-0.3, -0.25) is 4.79 Å². The van der Waals surface area contributed by atoms with Crippen LogP contribution in [0.2, 0.25) is 0 Å². The van der Waals surface area contributed by atoms with E-state index in [-0.39, 0.29) is 5.57 Å². The number of amides is 1. The van der Waals surface area contributed by atoms with Crippen molar-refractivity contribution in [3.63, 3.8) is 0 Å². The first-order valence-corrected chi connectivity index (χ1v) is 9.06. The monoisotopic (exact) mass is 409 g/mol. The lowest BCUT2D eigenvalue weighted by atomic mass is 10.1.